The predicted molar refractivity (Wildman–Crippen MR) is 115 cm³/mol. The van der Waals surface area contributed by atoms with Gasteiger partial charge in [0.15, 0.2) is 5.82 Å². The Kier molecular flexibility index (Phi) is 5.38. The topological polar surface area (TPSA) is 101 Å². The molecule has 4 aromatic rings. The number of aromatic amines is 1. The number of hydrogen-bond donors (Lipinski definition) is 2. The van der Waals surface area contributed by atoms with Crippen LogP contribution in [0.25, 0.3) is 22.8 Å². The molecule has 0 saturated heterocycles. The quantitative estimate of drug-likeness (QED) is 0.482. The molecule has 0 bridgehead atoms. The van der Waals surface area contributed by atoms with Crippen molar-refractivity contribution in [1.82, 2.24) is 35.5 Å². The van der Waals surface area contributed by atoms with E-state index in [9.17, 15) is 4.79 Å². The van der Waals surface area contributed by atoms with Crippen LogP contribution in [0.15, 0.2) is 54.6 Å². The summed E-state index contributed by atoms with van der Waals surface area (Å²) >= 11 is 0. The van der Waals surface area contributed by atoms with Crippen molar-refractivity contribution in [2.75, 3.05) is 0 Å². The van der Waals surface area contributed by atoms with Gasteiger partial charge in [-0.2, -0.15) is 4.68 Å². The summed E-state index contributed by atoms with van der Waals surface area (Å²) in [4.78, 5) is 21.4. The van der Waals surface area contributed by atoms with Crippen LogP contribution in [0.3, 0.4) is 0 Å². The summed E-state index contributed by atoms with van der Waals surface area (Å²) in [7, 11) is 0. The second-order valence-electron chi connectivity index (χ2n) is 7.41. The lowest BCUT2D eigenvalue weighted by molar-refractivity contribution is -0.117. The van der Waals surface area contributed by atoms with E-state index in [-0.39, 0.29) is 17.9 Å². The van der Waals surface area contributed by atoms with E-state index in [0.717, 1.165) is 16.6 Å². The zero-order valence-corrected chi connectivity index (χ0v) is 17.1. The highest BCUT2D eigenvalue weighted by Gasteiger charge is 2.25. The Bertz CT molecular complexity index is 1160. The van der Waals surface area contributed by atoms with Crippen LogP contribution < -0.4 is 5.32 Å². The van der Waals surface area contributed by atoms with Crippen LogP contribution in [0.1, 0.15) is 37.1 Å². The van der Waals surface area contributed by atoms with Crippen LogP contribution in [-0.2, 0) is 4.79 Å². The normalized spacial score (nSPS) is 13.0. The molecule has 0 aliphatic heterocycles. The summed E-state index contributed by atoms with van der Waals surface area (Å²) in [6, 6.07) is 17.1. The van der Waals surface area contributed by atoms with Crippen molar-refractivity contribution in [1.29, 1.82) is 0 Å². The monoisotopic (exact) mass is 401 g/mol. The van der Waals surface area contributed by atoms with Gasteiger partial charge in [-0.15, -0.1) is 5.10 Å². The minimum atomic E-state index is -0.305. The number of rotatable bonds is 6. The first-order chi connectivity index (χ1) is 14.5. The lowest BCUT2D eigenvalue weighted by Crippen LogP contribution is -2.34. The number of hydrogen-bond acceptors (Lipinski definition) is 5. The fraction of sp³-hybridized carbons (Fsp3) is 0.227. The second kappa shape index (κ2) is 8.28. The first-order valence-corrected chi connectivity index (χ1v) is 9.80. The Balaban J connectivity index is 1.69. The molecule has 2 N–H and O–H groups in total. The predicted octanol–water partition coefficient (Wildman–Crippen LogP) is 3.37. The number of carbonyl (C=O) groups excluding carboxylic acids is 1. The maximum Gasteiger partial charge on any atom is 0.270 e. The standard InChI is InChI=1S/C22H23N7O/c1-14(2)20(21-23-17-11-7-8-12-18(17)24-21)25-22(30)19(29-15(3)26-27-28-29)13-16-9-5-4-6-10-16/h4-14,20H,1-3H3,(H,23,24)(H,25,30). The number of tetrazole rings is 1. The summed E-state index contributed by atoms with van der Waals surface area (Å²) in [5.74, 6) is 1.07. The Morgan fingerprint density at radius 3 is 2.50 bits per heavy atom. The number of H-pyrrole nitrogens is 1. The Labute approximate surface area is 174 Å². The molecule has 0 saturated carbocycles. The van der Waals surface area contributed by atoms with E-state index in [2.05, 4.69) is 30.8 Å². The van der Waals surface area contributed by atoms with E-state index in [0.29, 0.717) is 17.3 Å². The first kappa shape index (κ1) is 19.5. The largest absolute Gasteiger partial charge is 0.340 e. The number of benzene rings is 2. The van der Waals surface area contributed by atoms with Gasteiger partial charge in [0.05, 0.1) is 17.1 Å². The van der Waals surface area contributed by atoms with E-state index >= 15 is 0 Å². The minimum Gasteiger partial charge on any atom is -0.340 e. The molecule has 1 unspecified atom stereocenters. The van der Waals surface area contributed by atoms with Crippen molar-refractivity contribution in [3.05, 3.63) is 71.8 Å². The number of aromatic nitrogens is 6. The van der Waals surface area contributed by atoms with E-state index in [1.54, 1.807) is 13.0 Å². The number of nitrogens with one attached hydrogen (secondary N) is 2. The molecule has 4 rings (SSSR count). The molecule has 1 atom stereocenters. The van der Waals surface area contributed by atoms with Gasteiger partial charge in [-0.1, -0.05) is 56.3 Å². The molecular weight excluding hydrogens is 378 g/mol. The van der Waals surface area contributed by atoms with E-state index in [1.807, 2.05) is 68.4 Å². The zero-order chi connectivity index (χ0) is 21.1. The summed E-state index contributed by atoms with van der Waals surface area (Å²) in [6.45, 7) is 5.84. The van der Waals surface area contributed by atoms with Gasteiger partial charge in [-0.25, -0.2) is 4.98 Å². The van der Waals surface area contributed by atoms with Gasteiger partial charge in [0.1, 0.15) is 11.5 Å². The third kappa shape index (κ3) is 3.98. The van der Waals surface area contributed by atoms with Gasteiger partial charge in [0, 0.05) is 0 Å². The number of nitrogens with zero attached hydrogens (tertiary/aromatic N) is 5. The number of amides is 1. The lowest BCUT2D eigenvalue weighted by atomic mass is 10.0. The van der Waals surface area contributed by atoms with Gasteiger partial charge in [-0.05, 0) is 47.0 Å². The van der Waals surface area contributed by atoms with E-state index in [1.165, 1.54) is 4.68 Å². The van der Waals surface area contributed by atoms with Crippen molar-refractivity contribution < 1.29 is 4.79 Å². The molecule has 0 radical (unpaired) electrons. The summed E-state index contributed by atoms with van der Waals surface area (Å²) < 4.78 is 1.44. The van der Waals surface area contributed by atoms with Gasteiger partial charge in [0.2, 0.25) is 0 Å². The molecule has 0 fully saturated rings. The molecule has 2 aromatic heterocycles. The van der Waals surface area contributed by atoms with Crippen LogP contribution in [-0.4, -0.2) is 36.1 Å². The Hall–Kier alpha value is -3.81. The van der Waals surface area contributed by atoms with Crippen LogP contribution in [0.4, 0.5) is 0 Å². The molecule has 0 aliphatic rings. The maximum absolute atomic E-state index is 13.4. The number of para-hydroxylation sites is 2. The summed E-state index contributed by atoms with van der Waals surface area (Å²) in [5.41, 5.74) is 3.01. The molecule has 8 heteroatoms. The smallest absolute Gasteiger partial charge is 0.270 e. The Morgan fingerprint density at radius 2 is 1.83 bits per heavy atom. The van der Waals surface area contributed by atoms with Crippen molar-refractivity contribution in [3.8, 4) is 0 Å². The van der Waals surface area contributed by atoms with Crippen molar-refractivity contribution in [3.63, 3.8) is 0 Å². The fourth-order valence-corrected chi connectivity index (χ4v) is 3.27. The van der Waals surface area contributed by atoms with E-state index < -0.39 is 0 Å². The van der Waals surface area contributed by atoms with Gasteiger partial charge >= 0.3 is 0 Å². The molecule has 152 valence electrons. The van der Waals surface area contributed by atoms with Crippen LogP contribution in [0.2, 0.25) is 0 Å². The average Bonchev–Trinajstić information content (AvgIpc) is 3.36. The molecule has 8 nitrogen and oxygen atoms in total. The van der Waals surface area contributed by atoms with Crippen molar-refractivity contribution in [2.45, 2.75) is 26.8 Å². The molecule has 0 aliphatic carbocycles. The number of carbonyl (C=O) groups is 1. The third-order valence-electron chi connectivity index (χ3n) is 4.84. The highest BCUT2D eigenvalue weighted by molar-refractivity contribution is 6.18. The van der Waals surface area contributed by atoms with Gasteiger partial charge in [-0.3, -0.25) is 4.79 Å². The molecule has 0 spiro atoms. The third-order valence-corrected chi connectivity index (χ3v) is 4.84. The first-order valence-electron chi connectivity index (χ1n) is 9.80. The van der Waals surface area contributed by atoms with E-state index in [4.69, 9.17) is 0 Å². The van der Waals surface area contributed by atoms with Crippen molar-refractivity contribution in [2.24, 2.45) is 5.92 Å². The molecule has 2 aromatic carbocycles. The summed E-state index contributed by atoms with van der Waals surface area (Å²) in [5, 5.41) is 14.7. The highest BCUT2D eigenvalue weighted by Crippen LogP contribution is 2.23. The van der Waals surface area contributed by atoms with Crippen LogP contribution >= 0.6 is 0 Å². The van der Waals surface area contributed by atoms with Gasteiger partial charge in [0.25, 0.3) is 5.91 Å². The number of aryl methyl sites for hydroxylation is 1. The Morgan fingerprint density at radius 1 is 1.10 bits per heavy atom. The molecule has 1 amide bonds. The van der Waals surface area contributed by atoms with Crippen LogP contribution in [0.5, 0.6) is 0 Å². The summed E-state index contributed by atoms with van der Waals surface area (Å²) in [6.07, 6.45) is 1.77. The molecule has 30 heavy (non-hydrogen) atoms. The number of imidazole rings is 1. The molecule has 2 heterocycles. The second-order valence-corrected chi connectivity index (χ2v) is 7.41. The SMILES string of the molecule is Cc1nnnn1C(=Cc1ccccc1)C(=O)NC(c1nc2ccccc2[nH]1)C(C)C. The van der Waals surface area contributed by atoms with Crippen molar-refractivity contribution >= 4 is 28.7 Å². The average molecular weight is 401 g/mol. The fourth-order valence-electron chi connectivity index (χ4n) is 3.27. The lowest BCUT2D eigenvalue weighted by Gasteiger charge is -2.21. The minimum absolute atomic E-state index is 0.113. The molecular formula is C22H23N7O. The maximum atomic E-state index is 13.4. The highest BCUT2D eigenvalue weighted by atomic mass is 16.2. The van der Waals surface area contributed by atoms with Crippen LogP contribution in [0, 0.1) is 12.8 Å². The van der Waals surface area contributed by atoms with Gasteiger partial charge < -0.3 is 10.3 Å². The zero-order valence-electron chi connectivity index (χ0n) is 17.1. The number of fused-ring (bicyclic) bond motifs is 1.